The molecule has 5 fully saturated rings. The lowest BCUT2D eigenvalue weighted by Crippen LogP contribution is -2.49. The van der Waals surface area contributed by atoms with E-state index >= 15 is 0 Å². The van der Waals surface area contributed by atoms with Crippen LogP contribution in [0.25, 0.3) is 0 Å². The predicted molar refractivity (Wildman–Crippen MR) is 48.1 cm³/mol. The topological polar surface area (TPSA) is 37.3 Å². The first-order chi connectivity index (χ1) is 6.31. The first-order valence-electron chi connectivity index (χ1n) is 5.19. The quantitative estimate of drug-likeness (QED) is 0.455. The van der Waals surface area contributed by atoms with Gasteiger partial charge < -0.3 is 5.11 Å². The molecule has 0 aromatic rings. The molecule has 0 spiro atoms. The van der Waals surface area contributed by atoms with E-state index in [1.165, 1.54) is 12.8 Å². The molecule has 2 heteroatoms. The van der Waals surface area contributed by atoms with Crippen molar-refractivity contribution >= 4 is 5.78 Å². The van der Waals surface area contributed by atoms with Crippen molar-refractivity contribution in [3.63, 3.8) is 0 Å². The Bertz CT molecular complexity index is 292. The van der Waals surface area contributed by atoms with E-state index < -0.39 is 0 Å². The van der Waals surface area contributed by atoms with Crippen LogP contribution in [0.5, 0.6) is 0 Å². The maximum Gasteiger partial charge on any atom is 0.165 e. The second kappa shape index (κ2) is 2.37. The van der Waals surface area contributed by atoms with Crippen LogP contribution in [0.15, 0.2) is 11.8 Å². The smallest absolute Gasteiger partial charge is 0.165 e. The number of carbonyl (C=O) groups is 1. The van der Waals surface area contributed by atoms with Crippen LogP contribution in [0.4, 0.5) is 0 Å². The fourth-order valence-electron chi connectivity index (χ4n) is 3.69. The Balaban J connectivity index is 2.05. The molecule has 2 nitrogen and oxygen atoms in total. The summed E-state index contributed by atoms with van der Waals surface area (Å²) >= 11 is 0. The van der Waals surface area contributed by atoms with Gasteiger partial charge in [-0.1, -0.05) is 0 Å². The zero-order chi connectivity index (χ0) is 9.00. The van der Waals surface area contributed by atoms with Crippen molar-refractivity contribution in [1.82, 2.24) is 0 Å². The summed E-state index contributed by atoms with van der Waals surface area (Å²) in [6.45, 7) is 0. The van der Waals surface area contributed by atoms with Gasteiger partial charge in [-0.2, -0.15) is 0 Å². The third-order valence-electron chi connectivity index (χ3n) is 4.32. The van der Waals surface area contributed by atoms with Crippen molar-refractivity contribution < 1.29 is 9.90 Å². The molecular formula is C11H14O2. The van der Waals surface area contributed by atoms with Crippen molar-refractivity contribution in [1.29, 1.82) is 0 Å². The number of aliphatic hydroxyl groups excluding tert-OH is 1. The summed E-state index contributed by atoms with van der Waals surface area (Å²) in [6.07, 6.45) is 5.86. The highest BCUT2D eigenvalue weighted by molar-refractivity contribution is 5.99. The van der Waals surface area contributed by atoms with E-state index in [1.54, 1.807) is 0 Å². The van der Waals surface area contributed by atoms with Crippen LogP contribution in [-0.2, 0) is 4.79 Å². The summed E-state index contributed by atoms with van der Waals surface area (Å²) in [6, 6.07) is 0. The van der Waals surface area contributed by atoms with E-state index in [4.69, 9.17) is 5.11 Å². The van der Waals surface area contributed by atoms with Crippen molar-refractivity contribution in [3.05, 3.63) is 11.8 Å². The Kier molecular flexibility index (Phi) is 1.38. The molecule has 0 saturated heterocycles. The third kappa shape index (κ3) is 0.812. The number of Topliss-reactive ketones (excluding diaryl/α,β-unsaturated/α-hetero) is 1. The third-order valence-corrected chi connectivity index (χ3v) is 4.32. The summed E-state index contributed by atoms with van der Waals surface area (Å²) in [7, 11) is 0. The number of ketones is 1. The monoisotopic (exact) mass is 178 g/mol. The second-order valence-corrected chi connectivity index (χ2v) is 4.73. The zero-order valence-electron chi connectivity index (χ0n) is 7.57. The van der Waals surface area contributed by atoms with Crippen LogP contribution >= 0.6 is 0 Å². The highest BCUT2D eigenvalue weighted by atomic mass is 16.2. The molecule has 5 saturated carbocycles. The molecule has 0 aliphatic heterocycles. The predicted octanol–water partition coefficient (Wildman–Crippen LogP) is 2.06. The van der Waals surface area contributed by atoms with Crippen molar-refractivity contribution in [2.24, 2.45) is 23.7 Å². The molecule has 0 aromatic heterocycles. The normalized spacial score (nSPS) is 50.5. The van der Waals surface area contributed by atoms with Crippen molar-refractivity contribution in [3.8, 4) is 0 Å². The van der Waals surface area contributed by atoms with Gasteiger partial charge in [-0.15, -0.1) is 0 Å². The number of hydrogen-bond donors (Lipinski definition) is 1. The van der Waals surface area contributed by atoms with E-state index in [1.807, 2.05) is 0 Å². The first kappa shape index (κ1) is 7.60. The van der Waals surface area contributed by atoms with Gasteiger partial charge in [-0.25, -0.2) is 0 Å². The maximum atomic E-state index is 11.8. The average Bonchev–Trinajstić information content (AvgIpc) is 2.19. The molecule has 1 N–H and O–H groups in total. The Hall–Kier alpha value is -0.790. The van der Waals surface area contributed by atoms with E-state index in [0.29, 0.717) is 17.8 Å². The molecule has 5 aliphatic carbocycles. The minimum Gasteiger partial charge on any atom is -0.515 e. The lowest BCUT2D eigenvalue weighted by atomic mass is 9.51. The highest BCUT2D eigenvalue weighted by Crippen LogP contribution is 2.56. The van der Waals surface area contributed by atoms with E-state index in [-0.39, 0.29) is 11.7 Å². The van der Waals surface area contributed by atoms with Crippen LogP contribution in [0, 0.1) is 23.7 Å². The Labute approximate surface area is 77.6 Å². The number of allylic oxidation sites excluding steroid dienone is 1. The summed E-state index contributed by atoms with van der Waals surface area (Å²) in [5.74, 6) is 2.26. The zero-order valence-corrected chi connectivity index (χ0v) is 7.57. The van der Waals surface area contributed by atoms with Gasteiger partial charge in [0.15, 0.2) is 5.78 Å². The number of aliphatic hydroxyl groups is 1. The molecule has 0 heterocycles. The van der Waals surface area contributed by atoms with Crippen LogP contribution in [-0.4, -0.2) is 10.9 Å². The highest BCUT2D eigenvalue weighted by Gasteiger charge is 2.52. The molecular weight excluding hydrogens is 164 g/mol. The van der Waals surface area contributed by atoms with Gasteiger partial charge in [0.2, 0.25) is 0 Å². The Morgan fingerprint density at radius 1 is 1.15 bits per heavy atom. The lowest BCUT2D eigenvalue weighted by molar-refractivity contribution is -0.132. The van der Waals surface area contributed by atoms with Gasteiger partial charge in [0, 0.05) is 11.5 Å². The minimum absolute atomic E-state index is 0.250. The van der Waals surface area contributed by atoms with Crippen molar-refractivity contribution in [2.45, 2.75) is 25.7 Å². The molecule has 70 valence electrons. The summed E-state index contributed by atoms with van der Waals surface area (Å²) < 4.78 is 0. The molecule has 0 aromatic carbocycles. The van der Waals surface area contributed by atoms with Crippen LogP contribution < -0.4 is 0 Å². The molecule has 4 bridgehead atoms. The van der Waals surface area contributed by atoms with Gasteiger partial charge in [0.25, 0.3) is 0 Å². The van der Waals surface area contributed by atoms with Gasteiger partial charge in [0.05, 0.1) is 6.26 Å². The molecule has 5 aliphatic rings. The van der Waals surface area contributed by atoms with Crippen LogP contribution in [0.3, 0.4) is 0 Å². The van der Waals surface area contributed by atoms with Gasteiger partial charge in [0.1, 0.15) is 0 Å². The molecule has 0 unspecified atom stereocenters. The summed E-state index contributed by atoms with van der Waals surface area (Å²) in [5.41, 5.74) is 0.734. The van der Waals surface area contributed by atoms with Gasteiger partial charge >= 0.3 is 0 Å². The van der Waals surface area contributed by atoms with Crippen LogP contribution in [0.2, 0.25) is 0 Å². The minimum atomic E-state index is 0.250. The first-order valence-corrected chi connectivity index (χ1v) is 5.19. The molecule has 4 atom stereocenters. The fourth-order valence-corrected chi connectivity index (χ4v) is 3.69. The SMILES string of the molecule is O=C1/C(=C/O)[C@H]2C[C@H]3CC[C@H]2C[C@@H]13. The molecule has 13 heavy (non-hydrogen) atoms. The maximum absolute atomic E-state index is 11.8. The molecule has 5 rings (SSSR count). The number of fused-ring (bicyclic) bond motifs is 2. The van der Waals surface area contributed by atoms with Gasteiger partial charge in [-0.05, 0) is 43.4 Å². The largest absolute Gasteiger partial charge is 0.515 e. The van der Waals surface area contributed by atoms with E-state index in [9.17, 15) is 4.79 Å². The summed E-state index contributed by atoms with van der Waals surface area (Å²) in [4.78, 5) is 11.8. The standard InChI is InChI=1S/C11H14O2/c12-5-10-8-3-7-2-1-6(8)4-9(7)11(10)13/h5-9,12H,1-4H2/b10-5+/t6-,7+,8-,9+/m0/s1. The number of carbonyl (C=O) groups excluding carboxylic acids is 1. The fraction of sp³-hybridized carbons (Fsp3) is 0.727. The van der Waals surface area contributed by atoms with Gasteiger partial charge in [-0.3, -0.25) is 4.79 Å². The van der Waals surface area contributed by atoms with E-state index in [0.717, 1.165) is 24.7 Å². The van der Waals surface area contributed by atoms with E-state index in [2.05, 4.69) is 0 Å². The second-order valence-electron chi connectivity index (χ2n) is 4.73. The molecule has 0 amide bonds. The van der Waals surface area contributed by atoms with Crippen molar-refractivity contribution in [2.75, 3.05) is 0 Å². The number of rotatable bonds is 0. The lowest BCUT2D eigenvalue weighted by Gasteiger charge is -2.52. The Morgan fingerprint density at radius 2 is 1.77 bits per heavy atom. The summed E-state index contributed by atoms with van der Waals surface area (Å²) in [5, 5.41) is 9.03. The number of hydrogen-bond acceptors (Lipinski definition) is 2. The molecule has 0 radical (unpaired) electrons. The average molecular weight is 178 g/mol. The Morgan fingerprint density at radius 3 is 2.31 bits per heavy atom. The van der Waals surface area contributed by atoms with Crippen LogP contribution in [0.1, 0.15) is 25.7 Å².